The van der Waals surface area contributed by atoms with Crippen molar-refractivity contribution in [3.8, 4) is 0 Å². The van der Waals surface area contributed by atoms with E-state index in [1.807, 2.05) is 63.2 Å². The zero-order valence-electron chi connectivity index (χ0n) is 14.0. The molecule has 0 aromatic heterocycles. The number of allylic oxidation sites excluding steroid dienone is 3. The number of rotatable bonds is 7. The summed E-state index contributed by atoms with van der Waals surface area (Å²) in [6.45, 7) is 3.71. The highest BCUT2D eigenvalue weighted by Crippen LogP contribution is 2.17. The highest BCUT2D eigenvalue weighted by atomic mass is 16.5. The van der Waals surface area contributed by atoms with Gasteiger partial charge in [-0.05, 0) is 31.2 Å². The fourth-order valence-electron chi connectivity index (χ4n) is 2.11. The molecule has 0 fully saturated rings. The second kappa shape index (κ2) is 8.90. The fraction of sp³-hybridized carbons (Fsp3) is 0.333. The van der Waals surface area contributed by atoms with Crippen molar-refractivity contribution in [3.05, 3.63) is 53.6 Å². The molecule has 1 atom stereocenters. The highest BCUT2D eigenvalue weighted by Gasteiger charge is 2.13. The molecule has 1 aromatic rings. The van der Waals surface area contributed by atoms with Gasteiger partial charge < -0.3 is 4.90 Å². The molecule has 1 unspecified atom stereocenters. The van der Waals surface area contributed by atoms with Crippen LogP contribution < -0.4 is 10.4 Å². The van der Waals surface area contributed by atoms with Crippen molar-refractivity contribution in [2.75, 3.05) is 19.0 Å². The Labute approximate surface area is 137 Å². The van der Waals surface area contributed by atoms with Crippen LogP contribution in [0.3, 0.4) is 0 Å². The first-order valence-electron chi connectivity index (χ1n) is 7.44. The molecule has 23 heavy (non-hydrogen) atoms. The maximum Gasteiger partial charge on any atom is 0.247 e. The zero-order chi connectivity index (χ0) is 17.4. The molecule has 0 aliphatic heterocycles. The topological polar surface area (TPSA) is 69.6 Å². The predicted octanol–water partition coefficient (Wildman–Crippen LogP) is 2.97. The van der Waals surface area contributed by atoms with E-state index in [-0.39, 0.29) is 18.1 Å². The van der Waals surface area contributed by atoms with Crippen molar-refractivity contribution < 1.29 is 14.8 Å². The van der Waals surface area contributed by atoms with Crippen LogP contribution >= 0.6 is 0 Å². The molecule has 1 amide bonds. The molecular weight excluding hydrogens is 292 g/mol. The molecular formula is C18H24N2O3. The summed E-state index contributed by atoms with van der Waals surface area (Å²) in [6, 6.07) is 7.51. The molecule has 5 heteroatoms. The van der Waals surface area contributed by atoms with E-state index in [4.69, 9.17) is 5.21 Å². The lowest BCUT2D eigenvalue weighted by Gasteiger charge is -2.13. The lowest BCUT2D eigenvalue weighted by atomic mass is 9.97. The maximum atomic E-state index is 12.4. The van der Waals surface area contributed by atoms with Gasteiger partial charge in [-0.3, -0.25) is 14.8 Å². The second-order valence-electron chi connectivity index (χ2n) is 5.65. The van der Waals surface area contributed by atoms with Crippen LogP contribution in [0.15, 0.2) is 48.1 Å². The van der Waals surface area contributed by atoms with Crippen LogP contribution in [0.1, 0.15) is 30.6 Å². The third kappa shape index (κ3) is 6.08. The molecule has 0 saturated carbocycles. The minimum Gasteiger partial charge on any atom is -0.378 e. The van der Waals surface area contributed by atoms with Crippen LogP contribution in [0.25, 0.3) is 0 Å². The molecule has 0 bridgehead atoms. The average molecular weight is 316 g/mol. The van der Waals surface area contributed by atoms with Crippen LogP contribution in [-0.2, 0) is 4.79 Å². The van der Waals surface area contributed by atoms with Gasteiger partial charge in [-0.1, -0.05) is 30.7 Å². The second-order valence-corrected chi connectivity index (χ2v) is 5.65. The molecule has 0 spiro atoms. The summed E-state index contributed by atoms with van der Waals surface area (Å²) in [5.41, 5.74) is 4.18. The van der Waals surface area contributed by atoms with Gasteiger partial charge in [-0.15, -0.1) is 0 Å². The van der Waals surface area contributed by atoms with E-state index in [9.17, 15) is 9.59 Å². The number of hydrogen-bond donors (Lipinski definition) is 2. The summed E-state index contributed by atoms with van der Waals surface area (Å²) >= 11 is 0. The van der Waals surface area contributed by atoms with E-state index in [0.29, 0.717) is 5.56 Å². The Kier molecular flexibility index (Phi) is 7.22. The van der Waals surface area contributed by atoms with Crippen LogP contribution in [0.2, 0.25) is 0 Å². The number of carbonyl (C=O) groups excluding carboxylic acids is 2. The van der Waals surface area contributed by atoms with Crippen LogP contribution in [0.5, 0.6) is 0 Å². The van der Waals surface area contributed by atoms with Crippen LogP contribution in [0, 0.1) is 5.92 Å². The van der Waals surface area contributed by atoms with Gasteiger partial charge in [0.2, 0.25) is 5.91 Å². The first-order chi connectivity index (χ1) is 10.8. The van der Waals surface area contributed by atoms with Gasteiger partial charge in [0.25, 0.3) is 0 Å². The third-order valence-corrected chi connectivity index (χ3v) is 3.40. The maximum absolute atomic E-state index is 12.4. The fourth-order valence-corrected chi connectivity index (χ4v) is 2.11. The Morgan fingerprint density at radius 2 is 1.87 bits per heavy atom. The summed E-state index contributed by atoms with van der Waals surface area (Å²) in [4.78, 5) is 25.3. The van der Waals surface area contributed by atoms with E-state index in [1.54, 1.807) is 17.6 Å². The highest BCUT2D eigenvalue weighted by molar-refractivity contribution is 5.99. The van der Waals surface area contributed by atoms with Crippen molar-refractivity contribution in [3.63, 3.8) is 0 Å². The van der Waals surface area contributed by atoms with E-state index in [0.717, 1.165) is 11.3 Å². The van der Waals surface area contributed by atoms with Gasteiger partial charge in [0.1, 0.15) is 0 Å². The normalized spacial score (nSPS) is 13.0. The Hall–Kier alpha value is -2.40. The lowest BCUT2D eigenvalue weighted by molar-refractivity contribution is -0.128. The number of carbonyl (C=O) groups is 2. The predicted molar refractivity (Wildman–Crippen MR) is 91.7 cm³/mol. The number of anilines is 1. The Morgan fingerprint density at radius 3 is 2.39 bits per heavy atom. The van der Waals surface area contributed by atoms with Gasteiger partial charge in [-0.25, -0.2) is 5.48 Å². The van der Waals surface area contributed by atoms with Crippen molar-refractivity contribution in [1.82, 2.24) is 5.48 Å². The van der Waals surface area contributed by atoms with Crippen LogP contribution in [-0.4, -0.2) is 31.0 Å². The van der Waals surface area contributed by atoms with Crippen molar-refractivity contribution in [2.45, 2.75) is 20.3 Å². The number of ketones is 1. The minimum atomic E-state index is -0.473. The number of Topliss-reactive ketones (excluding diaryl/α,β-unsaturated/α-hetero) is 1. The average Bonchev–Trinajstić information content (AvgIpc) is 2.53. The number of hydroxylamine groups is 1. The molecule has 1 aromatic carbocycles. The quantitative estimate of drug-likeness (QED) is 0.351. The largest absolute Gasteiger partial charge is 0.378 e. The summed E-state index contributed by atoms with van der Waals surface area (Å²) in [6.07, 6.45) is 5.35. The molecule has 124 valence electrons. The first-order valence-corrected chi connectivity index (χ1v) is 7.44. The SMILES string of the molecule is CC(/C=C/CC(=O)NO)=C\C(C)C(=O)c1ccc(N(C)C)cc1. The molecule has 5 nitrogen and oxygen atoms in total. The van der Waals surface area contributed by atoms with Crippen molar-refractivity contribution in [2.24, 2.45) is 5.92 Å². The number of hydrogen-bond acceptors (Lipinski definition) is 4. The molecule has 0 heterocycles. The number of nitrogens with zero attached hydrogens (tertiary/aromatic N) is 1. The Bertz CT molecular complexity index is 601. The number of amides is 1. The van der Waals surface area contributed by atoms with Gasteiger partial charge in [0.15, 0.2) is 5.78 Å². The number of benzene rings is 1. The van der Waals surface area contributed by atoms with Gasteiger partial charge in [0, 0.05) is 37.7 Å². The summed E-state index contributed by atoms with van der Waals surface area (Å²) in [5, 5.41) is 8.40. The first kappa shape index (κ1) is 18.6. The molecule has 0 aliphatic carbocycles. The number of nitrogens with one attached hydrogen (secondary N) is 1. The zero-order valence-corrected chi connectivity index (χ0v) is 14.0. The van der Waals surface area contributed by atoms with Crippen LogP contribution in [0.4, 0.5) is 5.69 Å². The monoisotopic (exact) mass is 316 g/mol. The van der Waals surface area contributed by atoms with Crippen molar-refractivity contribution in [1.29, 1.82) is 0 Å². The summed E-state index contributed by atoms with van der Waals surface area (Å²) in [7, 11) is 3.91. The molecule has 0 radical (unpaired) electrons. The standard InChI is InChI=1S/C18H24N2O3/c1-13(6-5-7-17(21)19-23)12-14(2)18(22)15-8-10-16(11-9-15)20(3)4/h5-6,8-12,14,23H,7H2,1-4H3,(H,19,21)/b6-5+,13-12+. The third-order valence-electron chi connectivity index (χ3n) is 3.40. The molecule has 2 N–H and O–H groups in total. The van der Waals surface area contributed by atoms with Gasteiger partial charge in [-0.2, -0.15) is 0 Å². The van der Waals surface area contributed by atoms with E-state index < -0.39 is 5.91 Å². The van der Waals surface area contributed by atoms with Crippen molar-refractivity contribution >= 4 is 17.4 Å². The molecule has 0 saturated heterocycles. The smallest absolute Gasteiger partial charge is 0.247 e. The van der Waals surface area contributed by atoms with E-state index in [2.05, 4.69) is 0 Å². The Morgan fingerprint density at radius 1 is 1.26 bits per heavy atom. The Balaban J connectivity index is 2.71. The minimum absolute atomic E-state index is 0.0520. The van der Waals surface area contributed by atoms with E-state index >= 15 is 0 Å². The van der Waals surface area contributed by atoms with Gasteiger partial charge >= 0.3 is 0 Å². The van der Waals surface area contributed by atoms with Gasteiger partial charge in [0.05, 0.1) is 0 Å². The molecule has 0 aliphatic rings. The molecule has 1 rings (SSSR count). The lowest BCUT2D eigenvalue weighted by Crippen LogP contribution is -2.16. The van der Waals surface area contributed by atoms with E-state index in [1.165, 1.54) is 0 Å². The summed E-state index contributed by atoms with van der Waals surface area (Å²) in [5.74, 6) is -0.674. The summed E-state index contributed by atoms with van der Waals surface area (Å²) < 4.78 is 0.